The molecule has 33 nitrogen and oxygen atoms in total. The zero-order chi connectivity index (χ0) is 94.0. The Bertz CT molecular complexity index is 7530. The first-order chi connectivity index (χ1) is 64.4. The first-order valence-electron chi connectivity index (χ1n) is 44.1. The largest absolute Gasteiger partial charge is 0.595 e. The highest BCUT2D eigenvalue weighted by atomic mass is 32.2. The summed E-state index contributed by atoms with van der Waals surface area (Å²) in [5.41, 5.74) is 35.7. The van der Waals surface area contributed by atoms with Crippen LogP contribution in [0.2, 0.25) is 0 Å². The summed E-state index contributed by atoms with van der Waals surface area (Å²) in [6, 6.07) is 56.1. The number of para-hydroxylation sites is 1. The van der Waals surface area contributed by atoms with Crippen molar-refractivity contribution in [1.82, 2.24) is 58.1 Å². The molecule has 15 N–H and O–H groups in total. The lowest BCUT2D eigenvalue weighted by Crippen LogP contribution is -2.99. The number of nitrogens with zero attached hydrogens (tertiary/aromatic N) is 12. The zero-order valence-electron chi connectivity index (χ0n) is 73.6. The lowest BCUT2D eigenvalue weighted by Gasteiger charge is -2.24. The molecule has 0 saturated heterocycles. The molecule has 8 heterocycles. The fraction of sp³-hybridized carbons (Fsp3) is 0.247. The number of rotatable bonds is 22. The van der Waals surface area contributed by atoms with Gasteiger partial charge in [-0.3, -0.25) is 18.9 Å². The number of benzene rings is 8. The number of sulfonamides is 4. The topological polar surface area (TPSA) is 497 Å². The second-order valence-electron chi connectivity index (χ2n) is 34.8. The molecule has 0 aliphatic heterocycles. The monoisotopic (exact) mass is 1880 g/mol. The number of carbonyl (C=O) groups is 1. The minimum absolute atomic E-state index is 0.0242. The quantitative estimate of drug-likeness (QED) is 0.0281. The van der Waals surface area contributed by atoms with Gasteiger partial charge < -0.3 is 51.5 Å². The van der Waals surface area contributed by atoms with Crippen LogP contribution < -0.4 is 47.0 Å². The molecule has 4 fully saturated rings. The second kappa shape index (κ2) is 38.2. The van der Waals surface area contributed by atoms with Crippen LogP contribution in [0.1, 0.15) is 164 Å². The molecule has 8 aromatic carbocycles. The van der Waals surface area contributed by atoms with Crippen molar-refractivity contribution in [1.29, 1.82) is 0 Å². The Balaban J connectivity index is 0.000000124. The fourth-order valence-electron chi connectivity index (χ4n) is 18.5. The molecule has 0 amide bonds. The molecule has 4 aliphatic carbocycles. The van der Waals surface area contributed by atoms with Crippen LogP contribution in [-0.2, 0) is 45.5 Å². The Morgan fingerprint density at radius 1 is 0.366 bits per heavy atom. The number of nitrogens with one attached hydrogen (secondary N) is 5. The Kier molecular flexibility index (Phi) is 26.1. The van der Waals surface area contributed by atoms with Gasteiger partial charge in [0.25, 0.3) is 40.1 Å². The molecule has 20 rings (SSSR count). The molecule has 1 unspecified atom stereocenters. The zero-order valence-corrected chi connectivity index (χ0v) is 76.8. The van der Waals surface area contributed by atoms with Gasteiger partial charge in [-0.25, -0.2) is 83.5 Å². The van der Waals surface area contributed by atoms with E-state index in [0.717, 1.165) is 127 Å². The van der Waals surface area contributed by atoms with E-state index in [1.807, 2.05) is 30.6 Å². The third-order valence-electron chi connectivity index (χ3n) is 25.1. The maximum Gasteiger partial charge on any atom is 0.337 e. The molecule has 0 radical (unpaired) electrons. The van der Waals surface area contributed by atoms with Gasteiger partial charge in [0.15, 0.2) is 5.69 Å². The lowest BCUT2D eigenvalue weighted by atomic mass is 9.84. The lowest BCUT2D eigenvalue weighted by molar-refractivity contribution is -0.990. The summed E-state index contributed by atoms with van der Waals surface area (Å²) >= 11 is 0. The number of nitrogens with two attached hydrogens (primary N) is 4. The molecule has 16 aromatic rings. The molecule has 1 atom stereocenters. The Hall–Kier alpha value is -14.2. The Morgan fingerprint density at radius 3 is 0.993 bits per heavy atom. The van der Waals surface area contributed by atoms with E-state index in [1.165, 1.54) is 99.5 Å². The molecule has 37 heteroatoms. The predicted molar refractivity (Wildman–Crippen MR) is 520 cm³/mol. The van der Waals surface area contributed by atoms with E-state index in [0.29, 0.717) is 103 Å². The van der Waals surface area contributed by atoms with Crippen molar-refractivity contribution in [3.05, 3.63) is 267 Å². The highest BCUT2D eigenvalue weighted by Crippen LogP contribution is 2.47. The van der Waals surface area contributed by atoms with Gasteiger partial charge >= 0.3 is 5.97 Å². The standard InChI is InChI=1S/C27H31N5O2S.C24H23N5O4S.C23H24N6O4S.C23H23N5O2S/c1-27(2,3)22-15-18(13-14-23(22)31-35(33,34)20-11-5-4-6-12-20)21-16-32(19-9-7-8-10-19)26-24(21)25(28)29-17-30-26;25-22-21-19(13-29(16-6-4-5-7-16)23(21)27-14-26-22)15-10-11-20(18(12-15)24(30)31)28-34(32,33)17-8-2-1-3-9-17;24-22-21-18(13-28(16-6-4-5-7-16)23(21)26-14-25-22)15-10-11-19(20(12-15)29(30)31)27-34(32,33)17-8-2-1-3-9-17;24-22-21-20(14-28(18-8-4-5-9-18)23(21)26-15-25-22)16-10-12-19(13-11-16)31(29,30)27-17-6-2-1-3-7-17/h4-6,11-17,19,31H,7-10H2,1-3H3,(H2,28,29,30);1-3,8-14,16,28H,4-7H2,(H,30,31)(H2,25,26,27);1-3,8-14,16,27,29-30H,4-7H2,(H2,24,25,26);1-3,6-7,10-15,18,27H,4-5,8-9H2,(H2,24,25,26). The van der Waals surface area contributed by atoms with E-state index in [2.05, 4.69) is 116 Å². The van der Waals surface area contributed by atoms with Crippen LogP contribution in [0.3, 0.4) is 0 Å². The number of carboxylic acids is 1. The van der Waals surface area contributed by atoms with Gasteiger partial charge in [-0.05, 0) is 176 Å². The number of hydrogen-bond acceptors (Lipinski definition) is 23. The molecule has 4 aliphatic rings. The number of carboxylic acid groups (broad SMARTS) is 1. The molecule has 0 spiro atoms. The van der Waals surface area contributed by atoms with Crippen molar-refractivity contribution < 1.29 is 54.0 Å². The minimum atomic E-state index is -3.95. The van der Waals surface area contributed by atoms with Crippen LogP contribution >= 0.6 is 0 Å². The van der Waals surface area contributed by atoms with Gasteiger partial charge in [0, 0.05) is 83.0 Å². The number of nitrogen functional groups attached to an aromatic ring is 4. The van der Waals surface area contributed by atoms with Crippen LogP contribution in [0.5, 0.6) is 0 Å². The van der Waals surface area contributed by atoms with Gasteiger partial charge in [-0.2, -0.15) is 5.23 Å². The number of hydrogen-bond donors (Lipinski definition) is 11. The maximum atomic E-state index is 13.1. The number of quaternary nitrogens is 1. The van der Waals surface area contributed by atoms with Crippen molar-refractivity contribution in [2.24, 2.45) is 0 Å². The SMILES string of the molecule is CC(C)(C)c1cc(-c2cn(C3CCCC3)c3ncnc(N)c23)ccc1NS(=O)(=O)c1ccccc1.Nc1ncnc2c1c(-c1ccc(NS(=O)(=O)c3ccccc3)c(C(=O)O)c1)cn2C1CCCC1.Nc1ncnc2c1c(-c1ccc(NS(=O)(=O)c3ccccc3)c([NH+]([O-])O)c1)cn2C1CCCC1.Nc1ncnc2c1c(-c1ccc(S(=O)(=O)Nc3ccccc3)cc1)cn2C1CCCC1. The maximum absolute atomic E-state index is 13.1. The Morgan fingerprint density at radius 2 is 0.649 bits per heavy atom. The third kappa shape index (κ3) is 19.3. The summed E-state index contributed by atoms with van der Waals surface area (Å²) in [4.78, 5) is 47.3. The van der Waals surface area contributed by atoms with Gasteiger partial charge in [0.05, 0.1) is 58.1 Å². The number of fused-ring (bicyclic) bond motifs is 4. The van der Waals surface area contributed by atoms with E-state index < -0.39 is 51.3 Å². The normalized spacial score (nSPS) is 15.0. The average molecular weight is 1880 g/mol. The molecular formula is C97H101N21O12S4. The number of anilines is 8. The Labute approximate surface area is 774 Å². The van der Waals surface area contributed by atoms with E-state index >= 15 is 0 Å². The summed E-state index contributed by atoms with van der Waals surface area (Å²) in [5.74, 6) is 0.244. The van der Waals surface area contributed by atoms with Gasteiger partial charge in [-0.1, -0.05) is 175 Å². The van der Waals surface area contributed by atoms with Crippen molar-refractivity contribution in [3.63, 3.8) is 0 Å². The van der Waals surface area contributed by atoms with E-state index in [-0.39, 0.29) is 47.6 Å². The smallest absolute Gasteiger partial charge is 0.337 e. The highest BCUT2D eigenvalue weighted by molar-refractivity contribution is 7.93. The number of aromatic nitrogens is 12. The first-order valence-corrected chi connectivity index (χ1v) is 50.1. The van der Waals surface area contributed by atoms with E-state index in [4.69, 9.17) is 22.9 Å². The van der Waals surface area contributed by atoms with E-state index in [9.17, 15) is 54.0 Å². The second-order valence-corrected chi connectivity index (χ2v) is 41.5. The molecular weight excluding hydrogens is 1780 g/mol. The van der Waals surface area contributed by atoms with Crippen molar-refractivity contribution in [2.45, 2.75) is 173 Å². The summed E-state index contributed by atoms with van der Waals surface area (Å²) in [6.07, 6.45) is 32.0. The minimum Gasteiger partial charge on any atom is -0.595 e. The van der Waals surface area contributed by atoms with Gasteiger partial charge in [0.1, 0.15) is 76.9 Å². The van der Waals surface area contributed by atoms with Crippen LogP contribution in [0.4, 0.5) is 51.7 Å². The number of aromatic carboxylic acids is 1. The van der Waals surface area contributed by atoms with Crippen LogP contribution in [0.25, 0.3) is 88.6 Å². The van der Waals surface area contributed by atoms with Crippen LogP contribution in [0, 0.1) is 5.21 Å². The summed E-state index contributed by atoms with van der Waals surface area (Å²) in [7, 11) is -15.3. The molecule has 4 saturated carbocycles. The highest BCUT2D eigenvalue weighted by Gasteiger charge is 2.33. The summed E-state index contributed by atoms with van der Waals surface area (Å²) in [6.45, 7) is 6.23. The molecule has 134 heavy (non-hydrogen) atoms. The summed E-state index contributed by atoms with van der Waals surface area (Å²) in [5, 5.41) is 33.5. The molecule has 8 aromatic heterocycles. The predicted octanol–water partition coefficient (Wildman–Crippen LogP) is 17.8. The van der Waals surface area contributed by atoms with Crippen molar-refractivity contribution in [3.8, 4) is 44.5 Å². The van der Waals surface area contributed by atoms with Gasteiger partial charge in [-0.15, -0.1) is 0 Å². The summed E-state index contributed by atoms with van der Waals surface area (Å²) < 4.78 is 121. The van der Waals surface area contributed by atoms with Gasteiger partial charge in [0.2, 0.25) is 0 Å². The van der Waals surface area contributed by atoms with Crippen LogP contribution in [-0.4, -0.2) is 108 Å². The van der Waals surface area contributed by atoms with E-state index in [1.54, 1.807) is 127 Å². The van der Waals surface area contributed by atoms with Crippen molar-refractivity contribution in [2.75, 3.05) is 41.8 Å². The molecule has 690 valence electrons. The molecule has 0 bridgehead atoms. The first kappa shape index (κ1) is 91.7. The third-order valence-corrected chi connectivity index (χ3v) is 30.6. The average Bonchev–Trinajstić information content (AvgIpc) is 1.61. The van der Waals surface area contributed by atoms with Crippen LogP contribution in [0.15, 0.2) is 270 Å². The fourth-order valence-corrected chi connectivity index (χ4v) is 22.8. The van der Waals surface area contributed by atoms with Crippen molar-refractivity contribution >= 4 is 142 Å².